The topological polar surface area (TPSA) is 46.5 Å². The molecule has 94 valence electrons. The smallest absolute Gasteiger partial charge is 0.311 e. The molecule has 0 aromatic heterocycles. The van der Waals surface area contributed by atoms with Crippen LogP contribution < -0.4 is 0 Å². The van der Waals surface area contributed by atoms with Gasteiger partial charge in [0.25, 0.3) is 0 Å². The first-order valence-corrected chi connectivity index (χ1v) is 6.80. The van der Waals surface area contributed by atoms with Crippen LogP contribution in [0.2, 0.25) is 0 Å². The van der Waals surface area contributed by atoms with E-state index in [1.165, 1.54) is 7.11 Å². The first-order chi connectivity index (χ1) is 8.01. The van der Waals surface area contributed by atoms with Crippen LogP contribution in [-0.2, 0) is 9.53 Å². The van der Waals surface area contributed by atoms with E-state index in [4.69, 9.17) is 0 Å². The van der Waals surface area contributed by atoms with Crippen molar-refractivity contribution >= 4 is 37.8 Å². The Kier molecular flexibility index (Phi) is 5.62. The van der Waals surface area contributed by atoms with Crippen molar-refractivity contribution in [3.8, 4) is 0 Å². The van der Waals surface area contributed by atoms with Gasteiger partial charge in [-0.15, -0.1) is 0 Å². The monoisotopic (exact) mass is 364 g/mol. The quantitative estimate of drug-likeness (QED) is 0.831. The lowest BCUT2D eigenvalue weighted by Crippen LogP contribution is -2.23. The molecule has 0 radical (unpaired) electrons. The van der Waals surface area contributed by atoms with Crippen molar-refractivity contribution in [2.24, 2.45) is 5.92 Å². The fourth-order valence-electron chi connectivity index (χ4n) is 1.60. The van der Waals surface area contributed by atoms with Crippen molar-refractivity contribution in [1.29, 1.82) is 0 Å². The number of ether oxygens (including phenoxy) is 1. The summed E-state index contributed by atoms with van der Waals surface area (Å²) in [6.45, 7) is 1.85. The zero-order valence-electron chi connectivity index (χ0n) is 9.61. The predicted octanol–water partition coefficient (Wildman–Crippen LogP) is 3.44. The third kappa shape index (κ3) is 3.53. The number of carbonyl (C=O) groups excluding carboxylic acids is 1. The summed E-state index contributed by atoms with van der Waals surface area (Å²) in [6, 6.07) is 5.40. The first-order valence-electron chi connectivity index (χ1n) is 5.22. The van der Waals surface area contributed by atoms with Gasteiger partial charge < -0.3 is 9.84 Å². The molecular weight excluding hydrogens is 352 g/mol. The molecule has 5 heteroatoms. The molecule has 0 amide bonds. The van der Waals surface area contributed by atoms with Gasteiger partial charge in [-0.1, -0.05) is 13.0 Å². The third-order valence-electron chi connectivity index (χ3n) is 2.61. The molecular formula is C12H14Br2O3. The number of halogens is 2. The van der Waals surface area contributed by atoms with Crippen LogP contribution in [0.3, 0.4) is 0 Å². The Morgan fingerprint density at radius 1 is 1.41 bits per heavy atom. The lowest BCUT2D eigenvalue weighted by Gasteiger charge is -2.20. The molecule has 17 heavy (non-hydrogen) atoms. The summed E-state index contributed by atoms with van der Waals surface area (Å²) in [5.74, 6) is -0.924. The highest BCUT2D eigenvalue weighted by Gasteiger charge is 2.27. The van der Waals surface area contributed by atoms with Gasteiger partial charge in [0.15, 0.2) is 0 Å². The van der Waals surface area contributed by atoms with Crippen molar-refractivity contribution in [3.63, 3.8) is 0 Å². The van der Waals surface area contributed by atoms with Crippen LogP contribution in [-0.4, -0.2) is 18.2 Å². The van der Waals surface area contributed by atoms with E-state index in [1.54, 1.807) is 12.1 Å². The van der Waals surface area contributed by atoms with Gasteiger partial charge in [0.05, 0.1) is 19.1 Å². The molecule has 0 spiro atoms. The number of hydrogen-bond donors (Lipinski definition) is 1. The maximum absolute atomic E-state index is 11.5. The molecule has 0 saturated heterocycles. The lowest BCUT2D eigenvalue weighted by atomic mass is 9.94. The van der Waals surface area contributed by atoms with Crippen LogP contribution in [0.5, 0.6) is 0 Å². The normalized spacial score (nSPS) is 14.2. The SMILES string of the molecule is CCC(C(=O)OC)C(O)c1ccc(Br)c(Br)c1. The van der Waals surface area contributed by atoms with E-state index in [2.05, 4.69) is 36.6 Å². The molecule has 2 unspecified atom stereocenters. The molecule has 0 aliphatic carbocycles. The zero-order chi connectivity index (χ0) is 13.0. The van der Waals surface area contributed by atoms with E-state index in [9.17, 15) is 9.90 Å². The Morgan fingerprint density at radius 2 is 2.06 bits per heavy atom. The lowest BCUT2D eigenvalue weighted by molar-refractivity contribution is -0.149. The highest BCUT2D eigenvalue weighted by Crippen LogP contribution is 2.31. The second-order valence-corrected chi connectivity index (χ2v) is 5.36. The number of hydrogen-bond acceptors (Lipinski definition) is 3. The summed E-state index contributed by atoms with van der Waals surface area (Å²) in [5.41, 5.74) is 0.692. The Labute approximate surface area is 117 Å². The van der Waals surface area contributed by atoms with Gasteiger partial charge in [-0.05, 0) is 56.0 Å². The van der Waals surface area contributed by atoms with Gasteiger partial charge in [0.1, 0.15) is 0 Å². The van der Waals surface area contributed by atoms with E-state index >= 15 is 0 Å². The van der Waals surface area contributed by atoms with Crippen LogP contribution in [0, 0.1) is 5.92 Å². The minimum atomic E-state index is -0.850. The van der Waals surface area contributed by atoms with Crippen molar-refractivity contribution in [2.75, 3.05) is 7.11 Å². The maximum atomic E-state index is 11.5. The predicted molar refractivity (Wildman–Crippen MR) is 72.6 cm³/mol. The minimum absolute atomic E-state index is 0.390. The minimum Gasteiger partial charge on any atom is -0.469 e. The molecule has 2 atom stereocenters. The van der Waals surface area contributed by atoms with Gasteiger partial charge in [-0.2, -0.15) is 0 Å². The second kappa shape index (κ2) is 6.52. The summed E-state index contributed by atoms with van der Waals surface area (Å²) < 4.78 is 6.42. The molecule has 0 aliphatic heterocycles. The molecule has 0 saturated carbocycles. The number of methoxy groups -OCH3 is 1. The van der Waals surface area contributed by atoms with Crippen LogP contribution >= 0.6 is 31.9 Å². The van der Waals surface area contributed by atoms with Crippen molar-refractivity contribution in [3.05, 3.63) is 32.7 Å². The molecule has 0 bridgehead atoms. The molecule has 0 heterocycles. The van der Waals surface area contributed by atoms with Gasteiger partial charge in [0.2, 0.25) is 0 Å². The van der Waals surface area contributed by atoms with Gasteiger partial charge >= 0.3 is 5.97 Å². The number of aliphatic hydroxyl groups is 1. The number of carbonyl (C=O) groups is 1. The molecule has 0 fully saturated rings. The van der Waals surface area contributed by atoms with E-state index in [0.29, 0.717) is 12.0 Å². The molecule has 1 aromatic rings. The Bertz CT molecular complexity index is 407. The average molecular weight is 366 g/mol. The molecule has 1 N–H and O–H groups in total. The summed E-state index contributed by atoms with van der Waals surface area (Å²) in [5, 5.41) is 10.2. The molecule has 3 nitrogen and oxygen atoms in total. The number of esters is 1. The van der Waals surface area contributed by atoms with E-state index in [1.807, 2.05) is 13.0 Å². The number of aliphatic hydroxyl groups excluding tert-OH is 1. The zero-order valence-corrected chi connectivity index (χ0v) is 12.8. The fourth-order valence-corrected chi connectivity index (χ4v) is 2.24. The van der Waals surface area contributed by atoms with Crippen molar-refractivity contribution in [1.82, 2.24) is 0 Å². The van der Waals surface area contributed by atoms with E-state index < -0.39 is 12.0 Å². The largest absolute Gasteiger partial charge is 0.469 e. The summed E-state index contributed by atoms with van der Waals surface area (Å²) in [7, 11) is 1.33. The second-order valence-electron chi connectivity index (χ2n) is 3.66. The van der Waals surface area contributed by atoms with Crippen LogP contribution in [0.25, 0.3) is 0 Å². The van der Waals surface area contributed by atoms with Gasteiger partial charge in [0, 0.05) is 8.95 Å². The first kappa shape index (κ1) is 14.7. The third-order valence-corrected chi connectivity index (χ3v) is 4.49. The van der Waals surface area contributed by atoms with Crippen molar-refractivity contribution in [2.45, 2.75) is 19.4 Å². The number of benzene rings is 1. The maximum Gasteiger partial charge on any atom is 0.311 e. The average Bonchev–Trinajstić information content (AvgIpc) is 2.33. The Balaban J connectivity index is 2.97. The Hall–Kier alpha value is -0.390. The van der Waals surface area contributed by atoms with Crippen LogP contribution in [0.1, 0.15) is 25.0 Å². The summed E-state index contributed by atoms with van der Waals surface area (Å²) in [6.07, 6.45) is -0.321. The summed E-state index contributed by atoms with van der Waals surface area (Å²) in [4.78, 5) is 11.5. The highest BCUT2D eigenvalue weighted by molar-refractivity contribution is 9.13. The Morgan fingerprint density at radius 3 is 2.53 bits per heavy atom. The summed E-state index contributed by atoms with van der Waals surface area (Å²) >= 11 is 6.72. The van der Waals surface area contributed by atoms with E-state index in [-0.39, 0.29) is 5.97 Å². The van der Waals surface area contributed by atoms with Gasteiger partial charge in [-0.3, -0.25) is 4.79 Å². The molecule has 0 aliphatic rings. The van der Waals surface area contributed by atoms with E-state index in [0.717, 1.165) is 8.95 Å². The standard InChI is InChI=1S/C12H14Br2O3/c1-3-8(12(16)17-2)11(15)7-4-5-9(13)10(14)6-7/h4-6,8,11,15H,3H2,1-2H3. The van der Waals surface area contributed by atoms with Crippen LogP contribution in [0.15, 0.2) is 27.1 Å². The van der Waals surface area contributed by atoms with Gasteiger partial charge in [-0.25, -0.2) is 0 Å². The van der Waals surface area contributed by atoms with Crippen LogP contribution in [0.4, 0.5) is 0 Å². The highest BCUT2D eigenvalue weighted by atomic mass is 79.9. The number of rotatable bonds is 4. The fraction of sp³-hybridized carbons (Fsp3) is 0.417. The van der Waals surface area contributed by atoms with Crippen molar-refractivity contribution < 1.29 is 14.6 Å². The molecule has 1 rings (SSSR count). The molecule has 1 aromatic carbocycles.